The van der Waals surface area contributed by atoms with Crippen molar-refractivity contribution < 1.29 is 18.0 Å². The van der Waals surface area contributed by atoms with Gasteiger partial charge in [-0.1, -0.05) is 0 Å². The highest BCUT2D eigenvalue weighted by atomic mass is 79.9. The number of amides is 1. The Labute approximate surface area is 114 Å². The second-order valence-corrected chi connectivity index (χ2v) is 4.45. The van der Waals surface area contributed by atoms with Gasteiger partial charge in [0.1, 0.15) is 5.69 Å². The summed E-state index contributed by atoms with van der Waals surface area (Å²) in [5, 5.41) is 2.12. The molecule has 0 spiro atoms. The van der Waals surface area contributed by atoms with E-state index in [1.54, 1.807) is 6.07 Å². The Kier molecular flexibility index (Phi) is 3.84. The minimum atomic E-state index is -1.64. The topological polar surface area (TPSA) is 42.0 Å². The van der Waals surface area contributed by atoms with Gasteiger partial charge in [-0.2, -0.15) is 0 Å². The van der Waals surface area contributed by atoms with Gasteiger partial charge in [-0.3, -0.25) is 4.79 Å². The van der Waals surface area contributed by atoms with Crippen LogP contribution < -0.4 is 5.32 Å². The molecule has 1 amide bonds. The number of carbonyl (C=O) groups is 1. The zero-order valence-electron chi connectivity index (χ0n) is 9.25. The van der Waals surface area contributed by atoms with Crippen molar-refractivity contribution >= 4 is 27.5 Å². The van der Waals surface area contributed by atoms with E-state index >= 15 is 0 Å². The van der Waals surface area contributed by atoms with E-state index in [0.717, 1.165) is 12.1 Å². The minimum Gasteiger partial charge on any atom is -0.318 e. The molecule has 0 radical (unpaired) electrons. The van der Waals surface area contributed by atoms with E-state index in [1.807, 2.05) is 0 Å². The number of pyridine rings is 1. The third-order valence-electron chi connectivity index (χ3n) is 2.24. The molecule has 98 valence electrons. The molecule has 0 bridgehead atoms. The van der Waals surface area contributed by atoms with E-state index in [2.05, 4.69) is 26.2 Å². The molecule has 1 N–H and O–H groups in total. The van der Waals surface area contributed by atoms with Gasteiger partial charge in [0.15, 0.2) is 17.5 Å². The van der Waals surface area contributed by atoms with Crippen LogP contribution in [0.3, 0.4) is 0 Å². The SMILES string of the molecule is O=C(Nc1ccc(F)c(F)c1F)c1ccc(Br)cn1. The standard InChI is InChI=1S/C12H6BrF3N2O/c13-6-1-3-9(17-5-6)12(19)18-8-4-2-7(14)10(15)11(8)16/h1-5H,(H,18,19). The average Bonchev–Trinajstić information content (AvgIpc) is 2.40. The van der Waals surface area contributed by atoms with E-state index < -0.39 is 29.0 Å². The molecule has 1 aromatic carbocycles. The summed E-state index contributed by atoms with van der Waals surface area (Å²) in [6.07, 6.45) is 1.39. The minimum absolute atomic E-state index is 0.0207. The monoisotopic (exact) mass is 330 g/mol. The fourth-order valence-electron chi connectivity index (χ4n) is 1.32. The first-order valence-electron chi connectivity index (χ1n) is 5.05. The molecule has 0 atom stereocenters. The van der Waals surface area contributed by atoms with Gasteiger partial charge in [0.2, 0.25) is 0 Å². The average molecular weight is 331 g/mol. The number of hydrogen-bond donors (Lipinski definition) is 1. The summed E-state index contributed by atoms with van der Waals surface area (Å²) < 4.78 is 39.7. The lowest BCUT2D eigenvalue weighted by Gasteiger charge is -2.06. The molecule has 0 aliphatic carbocycles. The predicted octanol–water partition coefficient (Wildman–Crippen LogP) is 3.51. The summed E-state index contributed by atoms with van der Waals surface area (Å²) in [5.41, 5.74) is -0.430. The van der Waals surface area contributed by atoms with Crippen LogP contribution in [0.2, 0.25) is 0 Å². The molecule has 0 saturated carbocycles. The third kappa shape index (κ3) is 2.93. The number of hydrogen-bond acceptors (Lipinski definition) is 2. The number of benzene rings is 1. The van der Waals surface area contributed by atoms with Gasteiger partial charge in [-0.05, 0) is 40.2 Å². The highest BCUT2D eigenvalue weighted by Gasteiger charge is 2.16. The number of anilines is 1. The Morgan fingerprint density at radius 1 is 1.11 bits per heavy atom. The van der Waals surface area contributed by atoms with Crippen molar-refractivity contribution in [3.05, 3.63) is 58.1 Å². The van der Waals surface area contributed by atoms with Crippen molar-refractivity contribution in [2.24, 2.45) is 0 Å². The Morgan fingerprint density at radius 2 is 1.84 bits per heavy atom. The number of rotatable bonds is 2. The van der Waals surface area contributed by atoms with E-state index in [0.29, 0.717) is 4.47 Å². The Balaban J connectivity index is 2.24. The van der Waals surface area contributed by atoms with E-state index in [-0.39, 0.29) is 5.69 Å². The van der Waals surface area contributed by atoms with E-state index in [1.165, 1.54) is 12.3 Å². The van der Waals surface area contributed by atoms with Crippen molar-refractivity contribution in [2.45, 2.75) is 0 Å². The van der Waals surface area contributed by atoms with Crippen LogP contribution in [-0.4, -0.2) is 10.9 Å². The first-order valence-corrected chi connectivity index (χ1v) is 5.84. The molecular formula is C12H6BrF3N2O. The number of halogens is 4. The van der Waals surface area contributed by atoms with Crippen LogP contribution in [0.25, 0.3) is 0 Å². The molecule has 2 rings (SSSR count). The summed E-state index contributed by atoms with van der Waals surface area (Å²) in [6, 6.07) is 4.63. The predicted molar refractivity (Wildman–Crippen MR) is 66.2 cm³/mol. The van der Waals surface area contributed by atoms with Crippen molar-refractivity contribution in [1.82, 2.24) is 4.98 Å². The van der Waals surface area contributed by atoms with Gasteiger partial charge in [0.05, 0.1) is 5.69 Å². The molecule has 1 aromatic heterocycles. The first kappa shape index (κ1) is 13.5. The van der Waals surface area contributed by atoms with E-state index in [9.17, 15) is 18.0 Å². The van der Waals surface area contributed by atoms with Crippen LogP contribution in [0.4, 0.5) is 18.9 Å². The highest BCUT2D eigenvalue weighted by molar-refractivity contribution is 9.10. The normalized spacial score (nSPS) is 10.3. The zero-order valence-corrected chi connectivity index (χ0v) is 10.8. The van der Waals surface area contributed by atoms with Crippen molar-refractivity contribution in [3.8, 4) is 0 Å². The Hall–Kier alpha value is -1.89. The van der Waals surface area contributed by atoms with Gasteiger partial charge in [-0.25, -0.2) is 18.2 Å². The Morgan fingerprint density at radius 3 is 2.47 bits per heavy atom. The molecule has 0 unspecified atom stereocenters. The van der Waals surface area contributed by atoms with Crippen LogP contribution in [0.1, 0.15) is 10.5 Å². The van der Waals surface area contributed by atoms with Crippen LogP contribution in [-0.2, 0) is 0 Å². The number of carbonyl (C=O) groups excluding carboxylic acids is 1. The van der Waals surface area contributed by atoms with Crippen LogP contribution in [0.15, 0.2) is 34.9 Å². The number of nitrogens with zero attached hydrogens (tertiary/aromatic N) is 1. The van der Waals surface area contributed by atoms with Crippen LogP contribution in [0.5, 0.6) is 0 Å². The van der Waals surface area contributed by atoms with Crippen molar-refractivity contribution in [3.63, 3.8) is 0 Å². The molecule has 0 aliphatic heterocycles. The van der Waals surface area contributed by atoms with Crippen molar-refractivity contribution in [2.75, 3.05) is 5.32 Å². The molecule has 19 heavy (non-hydrogen) atoms. The molecular weight excluding hydrogens is 325 g/mol. The van der Waals surface area contributed by atoms with Gasteiger partial charge in [0.25, 0.3) is 5.91 Å². The van der Waals surface area contributed by atoms with Crippen LogP contribution >= 0.6 is 15.9 Å². The molecule has 0 aliphatic rings. The summed E-state index contributed by atoms with van der Waals surface area (Å²) >= 11 is 3.15. The fourth-order valence-corrected chi connectivity index (χ4v) is 1.55. The molecule has 3 nitrogen and oxygen atoms in total. The molecule has 2 aromatic rings. The maximum Gasteiger partial charge on any atom is 0.274 e. The maximum atomic E-state index is 13.3. The van der Waals surface area contributed by atoms with Gasteiger partial charge >= 0.3 is 0 Å². The lowest BCUT2D eigenvalue weighted by molar-refractivity contribution is 0.102. The first-order chi connectivity index (χ1) is 8.99. The van der Waals surface area contributed by atoms with Crippen LogP contribution in [0, 0.1) is 17.5 Å². The molecule has 7 heteroatoms. The third-order valence-corrected chi connectivity index (χ3v) is 2.71. The zero-order chi connectivity index (χ0) is 14.0. The van der Waals surface area contributed by atoms with Gasteiger partial charge in [-0.15, -0.1) is 0 Å². The Bertz CT molecular complexity index is 632. The quantitative estimate of drug-likeness (QED) is 0.856. The maximum absolute atomic E-state index is 13.3. The largest absolute Gasteiger partial charge is 0.318 e. The fraction of sp³-hybridized carbons (Fsp3) is 0. The van der Waals surface area contributed by atoms with Gasteiger partial charge in [0, 0.05) is 10.7 Å². The number of aromatic nitrogens is 1. The molecule has 1 heterocycles. The smallest absolute Gasteiger partial charge is 0.274 e. The summed E-state index contributed by atoms with van der Waals surface area (Å²) in [7, 11) is 0. The van der Waals surface area contributed by atoms with E-state index in [4.69, 9.17) is 0 Å². The summed E-state index contributed by atoms with van der Waals surface area (Å²) in [5.74, 6) is -5.14. The highest BCUT2D eigenvalue weighted by Crippen LogP contribution is 2.20. The lowest BCUT2D eigenvalue weighted by atomic mass is 10.2. The van der Waals surface area contributed by atoms with Gasteiger partial charge < -0.3 is 5.32 Å². The summed E-state index contributed by atoms with van der Waals surface area (Å²) in [6.45, 7) is 0. The molecule has 0 saturated heterocycles. The second-order valence-electron chi connectivity index (χ2n) is 3.54. The summed E-state index contributed by atoms with van der Waals surface area (Å²) in [4.78, 5) is 15.5. The second kappa shape index (κ2) is 5.40. The van der Waals surface area contributed by atoms with Crippen molar-refractivity contribution in [1.29, 1.82) is 0 Å². The lowest BCUT2D eigenvalue weighted by Crippen LogP contribution is -2.15. The molecule has 0 fully saturated rings. The number of nitrogens with one attached hydrogen (secondary N) is 1.